The van der Waals surface area contributed by atoms with Gasteiger partial charge in [0.25, 0.3) is 5.56 Å². The third kappa shape index (κ3) is 9.29. The Labute approximate surface area is 376 Å². The number of benzene rings is 6. The first-order chi connectivity index (χ1) is 31.8. The quantitative estimate of drug-likeness (QED) is 0.0266. The Hall–Kier alpha value is -7.83. The van der Waals surface area contributed by atoms with E-state index in [0.717, 1.165) is 33.4 Å². The van der Waals surface area contributed by atoms with Gasteiger partial charge in [-0.25, -0.2) is 4.98 Å². The Morgan fingerprint density at radius 2 is 1.15 bits per heavy atom. The molecule has 2 atom stereocenters. The van der Waals surface area contributed by atoms with Crippen molar-refractivity contribution in [1.82, 2.24) is 19.5 Å². The number of carbonyl (C=O) groups excluding carboxylic acids is 1. The van der Waals surface area contributed by atoms with Gasteiger partial charge >= 0.3 is 5.97 Å². The van der Waals surface area contributed by atoms with Gasteiger partial charge in [0.1, 0.15) is 36.6 Å². The van der Waals surface area contributed by atoms with Crippen LogP contribution in [0.4, 0.5) is 5.95 Å². The second-order valence-corrected chi connectivity index (χ2v) is 15.8. The molecule has 13 nitrogen and oxygen atoms in total. The van der Waals surface area contributed by atoms with Crippen LogP contribution < -0.4 is 10.9 Å². The smallest absolute Gasteiger partial charge is 0.315 e. The number of aromatic nitrogens is 4. The van der Waals surface area contributed by atoms with Gasteiger partial charge in [-0.05, 0) is 44.8 Å². The summed E-state index contributed by atoms with van der Waals surface area (Å²) in [6.07, 6.45) is 0.602. The highest BCUT2D eigenvalue weighted by Gasteiger charge is 2.39. The molecular formula is C52H48N8O5. The molecule has 2 aromatic heterocycles. The molecule has 65 heavy (non-hydrogen) atoms. The first-order valence-corrected chi connectivity index (χ1v) is 21.4. The standard InChI is InChI=1S/C52H48N8O5/c1-37(2)45(58-59-53)49(62)63-33-44(34-65-52(41-27-15-6-16-28-41,42-29-17-7-18-30-42)43-31-19-8-20-32-43)64-36-60-35-54-46-47(60)55-50(56-48(46)61)57-51(38-21-9-3-10-22-38,39-23-11-4-12-24-39)40-25-13-5-14-26-40/h3-32,35,37,44-45H,33-34,36H2,1-2H3,(H2,55,56,57,61)/t44?,45-/m0/s1. The number of hydrogen-bond donors (Lipinski definition) is 2. The number of ether oxygens (including phenoxy) is 3. The molecule has 0 amide bonds. The highest BCUT2D eigenvalue weighted by Crippen LogP contribution is 2.41. The number of rotatable bonds is 19. The molecule has 0 bridgehead atoms. The summed E-state index contributed by atoms with van der Waals surface area (Å²) in [6, 6.07) is 58.6. The lowest BCUT2D eigenvalue weighted by atomic mass is 9.77. The topological polar surface area (TPSA) is 169 Å². The fourth-order valence-corrected chi connectivity index (χ4v) is 8.15. The number of esters is 1. The molecule has 0 radical (unpaired) electrons. The largest absolute Gasteiger partial charge is 0.463 e. The van der Waals surface area contributed by atoms with Gasteiger partial charge in [-0.2, -0.15) is 4.98 Å². The van der Waals surface area contributed by atoms with Crippen molar-refractivity contribution in [3.8, 4) is 0 Å². The van der Waals surface area contributed by atoms with Crippen molar-refractivity contribution >= 4 is 23.1 Å². The van der Waals surface area contributed by atoms with Crippen molar-refractivity contribution in [2.75, 3.05) is 18.5 Å². The second-order valence-electron chi connectivity index (χ2n) is 15.8. The second kappa shape index (κ2) is 20.1. The zero-order valence-corrected chi connectivity index (χ0v) is 36.0. The molecular weight excluding hydrogens is 817 g/mol. The lowest BCUT2D eigenvalue weighted by Crippen LogP contribution is -2.39. The molecule has 0 saturated carbocycles. The molecule has 0 saturated heterocycles. The summed E-state index contributed by atoms with van der Waals surface area (Å²) in [7, 11) is 0. The highest BCUT2D eigenvalue weighted by molar-refractivity contribution is 5.76. The van der Waals surface area contributed by atoms with E-state index in [9.17, 15) is 15.1 Å². The van der Waals surface area contributed by atoms with Crippen LogP contribution in [0.1, 0.15) is 47.2 Å². The van der Waals surface area contributed by atoms with E-state index in [0.29, 0.717) is 0 Å². The van der Waals surface area contributed by atoms with E-state index in [1.807, 2.05) is 182 Å². The Kier molecular flexibility index (Phi) is 13.6. The Bertz CT molecular complexity index is 2700. The molecule has 6 aromatic carbocycles. The number of nitrogens with zero attached hydrogens (tertiary/aromatic N) is 6. The number of fused-ring (bicyclic) bond motifs is 1. The van der Waals surface area contributed by atoms with E-state index >= 15 is 0 Å². The van der Waals surface area contributed by atoms with Crippen LogP contribution >= 0.6 is 0 Å². The molecule has 2 heterocycles. The fourth-order valence-electron chi connectivity index (χ4n) is 8.15. The minimum Gasteiger partial charge on any atom is -0.463 e. The minimum atomic E-state index is -1.11. The average Bonchev–Trinajstić information content (AvgIpc) is 3.78. The van der Waals surface area contributed by atoms with Crippen molar-refractivity contribution < 1.29 is 19.0 Å². The van der Waals surface area contributed by atoms with E-state index in [2.05, 4.69) is 25.3 Å². The Morgan fingerprint density at radius 3 is 1.58 bits per heavy atom. The summed E-state index contributed by atoms with van der Waals surface area (Å²) in [6.45, 7) is 3.08. The minimum absolute atomic E-state index is 0.0684. The van der Waals surface area contributed by atoms with Gasteiger partial charge < -0.3 is 19.5 Å². The molecule has 13 heteroatoms. The van der Waals surface area contributed by atoms with Crippen LogP contribution in [0.15, 0.2) is 198 Å². The van der Waals surface area contributed by atoms with Crippen LogP contribution in [0.3, 0.4) is 0 Å². The van der Waals surface area contributed by atoms with Crippen molar-refractivity contribution in [3.05, 3.63) is 242 Å². The van der Waals surface area contributed by atoms with Gasteiger partial charge in [0.15, 0.2) is 11.2 Å². The summed E-state index contributed by atoms with van der Waals surface area (Å²) in [5, 5.41) is 7.34. The number of H-pyrrole nitrogens is 1. The maximum absolute atomic E-state index is 13.8. The number of aromatic amines is 1. The fraction of sp³-hybridized carbons (Fsp3) is 0.192. The van der Waals surface area contributed by atoms with Gasteiger partial charge in [0.05, 0.1) is 12.9 Å². The lowest BCUT2D eigenvalue weighted by molar-refractivity contribution is -0.156. The zero-order chi connectivity index (χ0) is 45.1. The number of carbonyl (C=O) groups is 1. The molecule has 326 valence electrons. The van der Waals surface area contributed by atoms with Crippen molar-refractivity contribution in [2.24, 2.45) is 11.0 Å². The first-order valence-electron chi connectivity index (χ1n) is 21.4. The number of azide groups is 1. The Balaban J connectivity index is 1.16. The third-order valence-electron chi connectivity index (χ3n) is 11.3. The van der Waals surface area contributed by atoms with Crippen LogP contribution in [-0.2, 0) is 36.9 Å². The number of hydrogen-bond acceptors (Lipinski definition) is 9. The molecule has 0 fully saturated rings. The monoisotopic (exact) mass is 864 g/mol. The molecule has 8 rings (SSSR count). The van der Waals surface area contributed by atoms with Crippen LogP contribution in [0, 0.1) is 5.92 Å². The van der Waals surface area contributed by atoms with Gasteiger partial charge in [-0.15, -0.1) is 0 Å². The summed E-state index contributed by atoms with van der Waals surface area (Å²) in [5.74, 6) is -0.807. The van der Waals surface area contributed by atoms with Gasteiger partial charge in [0, 0.05) is 4.91 Å². The van der Waals surface area contributed by atoms with Crippen molar-refractivity contribution in [2.45, 2.75) is 43.9 Å². The SMILES string of the molecule is CC(C)[C@H](N=[N+]=[N-])C(=O)OCC(COC(c1ccccc1)(c1ccccc1)c1ccccc1)OCn1cnc2c(=O)[nH]c(NC(c3ccccc3)(c3ccccc3)c3ccccc3)nc21. The third-order valence-corrected chi connectivity index (χ3v) is 11.3. The molecule has 8 aromatic rings. The average molecular weight is 865 g/mol. The van der Waals surface area contributed by atoms with Crippen LogP contribution in [0.25, 0.3) is 21.6 Å². The summed E-state index contributed by atoms with van der Waals surface area (Å²) in [4.78, 5) is 42.5. The molecule has 0 aliphatic rings. The number of imidazole rings is 1. The highest BCUT2D eigenvalue weighted by atomic mass is 16.6. The van der Waals surface area contributed by atoms with Gasteiger partial charge in [-0.1, -0.05) is 201 Å². The van der Waals surface area contributed by atoms with Crippen LogP contribution in [0.2, 0.25) is 0 Å². The molecule has 0 aliphatic carbocycles. The predicted octanol–water partition coefficient (Wildman–Crippen LogP) is 9.75. The van der Waals surface area contributed by atoms with Crippen molar-refractivity contribution in [3.63, 3.8) is 0 Å². The summed E-state index contributed by atoms with van der Waals surface area (Å²) < 4.78 is 21.1. The maximum Gasteiger partial charge on any atom is 0.315 e. The maximum atomic E-state index is 13.8. The van der Waals surface area contributed by atoms with E-state index in [4.69, 9.17) is 19.2 Å². The van der Waals surface area contributed by atoms with Crippen molar-refractivity contribution in [1.29, 1.82) is 0 Å². The van der Waals surface area contributed by atoms with E-state index in [1.165, 1.54) is 6.33 Å². The predicted molar refractivity (Wildman–Crippen MR) is 250 cm³/mol. The van der Waals surface area contributed by atoms with E-state index < -0.39 is 34.8 Å². The lowest BCUT2D eigenvalue weighted by Gasteiger charge is -2.37. The normalized spacial score (nSPS) is 12.6. The van der Waals surface area contributed by atoms with E-state index in [-0.39, 0.29) is 43.0 Å². The Morgan fingerprint density at radius 1 is 0.708 bits per heavy atom. The summed E-state index contributed by atoms with van der Waals surface area (Å²) in [5.41, 5.74) is 12.4. The van der Waals surface area contributed by atoms with Gasteiger partial charge in [0.2, 0.25) is 5.95 Å². The molecule has 0 aliphatic heterocycles. The molecule has 2 N–H and O–H groups in total. The van der Waals surface area contributed by atoms with Crippen LogP contribution in [-0.4, -0.2) is 50.8 Å². The first kappa shape index (κ1) is 43.8. The van der Waals surface area contributed by atoms with Gasteiger partial charge in [-0.3, -0.25) is 19.1 Å². The number of nitrogens with one attached hydrogen (secondary N) is 2. The molecule has 0 spiro atoms. The van der Waals surface area contributed by atoms with Crippen LogP contribution in [0.5, 0.6) is 0 Å². The molecule has 1 unspecified atom stereocenters. The number of anilines is 1. The van der Waals surface area contributed by atoms with E-state index in [1.54, 1.807) is 18.4 Å². The zero-order valence-electron chi connectivity index (χ0n) is 36.0. The summed E-state index contributed by atoms with van der Waals surface area (Å²) >= 11 is 0.